The number of nitrogens with zero attached hydrogens (tertiary/aromatic N) is 2. The van der Waals surface area contributed by atoms with Gasteiger partial charge in [0, 0.05) is 22.9 Å². The van der Waals surface area contributed by atoms with Crippen molar-refractivity contribution >= 4 is 33.1 Å². The van der Waals surface area contributed by atoms with Gasteiger partial charge in [-0.3, -0.25) is 14.9 Å². The van der Waals surface area contributed by atoms with Crippen LogP contribution in [-0.2, 0) is 18.8 Å². The molecule has 0 aliphatic heterocycles. The van der Waals surface area contributed by atoms with Crippen molar-refractivity contribution in [2.24, 2.45) is 0 Å². The third-order valence-corrected chi connectivity index (χ3v) is 5.62. The molecular formula is C21H12F6N4O2S. The van der Waals surface area contributed by atoms with Gasteiger partial charge in [0.05, 0.1) is 16.5 Å². The number of aromatic amines is 1. The molecule has 176 valence electrons. The standard InChI is InChI=1S/C21H12F6N4O2S/c22-20(23,24)11-5-10(6-12(8-11)21(25,26)27)7-13-9-28-19(34-13)29-18(33)16-14-3-1-2-4-15(14)17(32)31-30-16/h1-6,8-9H,7H2,(H,31,32)(H,28,29,33). The van der Waals surface area contributed by atoms with E-state index in [1.54, 1.807) is 12.1 Å². The van der Waals surface area contributed by atoms with Crippen LogP contribution in [0.1, 0.15) is 32.1 Å². The summed E-state index contributed by atoms with van der Waals surface area (Å²) in [5.74, 6) is -0.702. The number of fused-ring (bicyclic) bond motifs is 1. The molecule has 0 fully saturated rings. The molecule has 0 unspecified atom stereocenters. The van der Waals surface area contributed by atoms with Crippen LogP contribution in [-0.4, -0.2) is 21.1 Å². The molecule has 1 amide bonds. The topological polar surface area (TPSA) is 87.7 Å². The lowest BCUT2D eigenvalue weighted by molar-refractivity contribution is -0.143. The number of amides is 1. The van der Waals surface area contributed by atoms with Gasteiger partial charge in [-0.15, -0.1) is 11.3 Å². The highest BCUT2D eigenvalue weighted by Crippen LogP contribution is 2.37. The first-order valence-corrected chi connectivity index (χ1v) is 10.3. The van der Waals surface area contributed by atoms with Crippen molar-refractivity contribution in [2.45, 2.75) is 18.8 Å². The number of thiazole rings is 1. The molecule has 2 aromatic carbocycles. The number of alkyl halides is 6. The number of nitrogens with one attached hydrogen (secondary N) is 2. The van der Waals surface area contributed by atoms with E-state index in [1.165, 1.54) is 18.3 Å². The monoisotopic (exact) mass is 498 g/mol. The normalized spacial score (nSPS) is 12.2. The molecule has 0 spiro atoms. The molecule has 0 aliphatic carbocycles. The number of aromatic nitrogens is 3. The number of carbonyl (C=O) groups excluding carboxylic acids is 1. The molecule has 0 radical (unpaired) electrons. The summed E-state index contributed by atoms with van der Waals surface area (Å²) >= 11 is 0.881. The van der Waals surface area contributed by atoms with Gasteiger partial charge in [0.1, 0.15) is 0 Å². The van der Waals surface area contributed by atoms with E-state index in [2.05, 4.69) is 20.5 Å². The van der Waals surface area contributed by atoms with Gasteiger partial charge in [-0.1, -0.05) is 18.2 Å². The molecule has 2 aromatic heterocycles. The van der Waals surface area contributed by atoms with Crippen molar-refractivity contribution in [3.8, 4) is 0 Å². The Labute approximate surface area is 190 Å². The van der Waals surface area contributed by atoms with E-state index < -0.39 is 34.9 Å². The maximum atomic E-state index is 13.1. The number of carbonyl (C=O) groups is 1. The maximum Gasteiger partial charge on any atom is 0.416 e. The van der Waals surface area contributed by atoms with Gasteiger partial charge in [-0.05, 0) is 29.8 Å². The lowest BCUT2D eigenvalue weighted by Gasteiger charge is -2.13. The summed E-state index contributed by atoms with van der Waals surface area (Å²) in [6.45, 7) is 0. The molecule has 13 heteroatoms. The van der Waals surface area contributed by atoms with Gasteiger partial charge in [0.2, 0.25) is 0 Å². The molecule has 0 saturated carbocycles. The first-order valence-electron chi connectivity index (χ1n) is 9.43. The van der Waals surface area contributed by atoms with E-state index in [0.29, 0.717) is 22.4 Å². The van der Waals surface area contributed by atoms with Crippen LogP contribution in [0.15, 0.2) is 53.5 Å². The van der Waals surface area contributed by atoms with Gasteiger partial charge in [-0.2, -0.15) is 31.4 Å². The summed E-state index contributed by atoms with van der Waals surface area (Å²) in [7, 11) is 0. The third-order valence-electron chi connectivity index (χ3n) is 4.71. The Kier molecular flexibility index (Phi) is 5.89. The zero-order chi connectivity index (χ0) is 24.7. The number of anilines is 1. The summed E-state index contributed by atoms with van der Waals surface area (Å²) in [5.41, 5.74) is -3.60. The minimum absolute atomic E-state index is 0.0556. The minimum atomic E-state index is -4.95. The van der Waals surface area contributed by atoms with Crippen molar-refractivity contribution in [1.82, 2.24) is 15.2 Å². The van der Waals surface area contributed by atoms with Crippen LogP contribution in [0, 0.1) is 0 Å². The highest BCUT2D eigenvalue weighted by Gasteiger charge is 2.36. The summed E-state index contributed by atoms with van der Waals surface area (Å²) in [4.78, 5) is 28.8. The predicted molar refractivity (Wildman–Crippen MR) is 112 cm³/mol. The average Bonchev–Trinajstić information content (AvgIpc) is 3.19. The third kappa shape index (κ3) is 4.93. The van der Waals surface area contributed by atoms with E-state index >= 15 is 0 Å². The average molecular weight is 498 g/mol. The first-order chi connectivity index (χ1) is 15.9. The maximum absolute atomic E-state index is 13.1. The van der Waals surface area contributed by atoms with Crippen molar-refractivity contribution in [2.75, 3.05) is 5.32 Å². The van der Waals surface area contributed by atoms with Gasteiger partial charge >= 0.3 is 12.4 Å². The number of H-pyrrole nitrogens is 1. The van der Waals surface area contributed by atoms with Crippen molar-refractivity contribution < 1.29 is 31.1 Å². The molecule has 2 N–H and O–H groups in total. The molecule has 34 heavy (non-hydrogen) atoms. The molecule has 2 heterocycles. The smallest absolute Gasteiger partial charge is 0.296 e. The van der Waals surface area contributed by atoms with Crippen LogP contribution in [0.5, 0.6) is 0 Å². The molecular weight excluding hydrogens is 486 g/mol. The molecule has 0 bridgehead atoms. The number of rotatable bonds is 4. The second-order valence-corrected chi connectivity index (χ2v) is 8.24. The Morgan fingerprint density at radius 1 is 0.971 bits per heavy atom. The predicted octanol–water partition coefficient (Wildman–Crippen LogP) is 5.26. The molecule has 4 rings (SSSR count). The first kappa shape index (κ1) is 23.4. The zero-order valence-electron chi connectivity index (χ0n) is 16.7. The fraction of sp³-hybridized carbons (Fsp3) is 0.143. The van der Waals surface area contributed by atoms with E-state index in [1.807, 2.05) is 0 Å². The Morgan fingerprint density at radius 3 is 2.21 bits per heavy atom. The molecule has 0 atom stereocenters. The van der Waals surface area contributed by atoms with Gasteiger partial charge in [0.25, 0.3) is 11.5 Å². The van der Waals surface area contributed by atoms with E-state index in [-0.39, 0.29) is 34.3 Å². The lowest BCUT2D eigenvalue weighted by Crippen LogP contribution is -2.19. The van der Waals surface area contributed by atoms with Crippen LogP contribution in [0.3, 0.4) is 0 Å². The fourth-order valence-electron chi connectivity index (χ4n) is 3.21. The van der Waals surface area contributed by atoms with Crippen LogP contribution >= 0.6 is 11.3 Å². The highest BCUT2D eigenvalue weighted by atomic mass is 32.1. The van der Waals surface area contributed by atoms with Crippen LogP contribution in [0.2, 0.25) is 0 Å². The van der Waals surface area contributed by atoms with Crippen LogP contribution in [0.25, 0.3) is 10.8 Å². The molecule has 6 nitrogen and oxygen atoms in total. The fourth-order valence-corrected chi connectivity index (χ4v) is 4.06. The minimum Gasteiger partial charge on any atom is -0.296 e. The summed E-state index contributed by atoms with van der Waals surface area (Å²) in [6, 6.07) is 7.62. The SMILES string of the molecule is O=C(Nc1ncc(Cc2cc(C(F)(F)F)cc(C(F)(F)F)c2)s1)c1n[nH]c(=O)c2ccccc12. The Balaban J connectivity index is 1.58. The van der Waals surface area contributed by atoms with Crippen LogP contribution in [0.4, 0.5) is 31.5 Å². The second-order valence-electron chi connectivity index (χ2n) is 7.12. The van der Waals surface area contributed by atoms with Crippen LogP contribution < -0.4 is 10.9 Å². The van der Waals surface area contributed by atoms with E-state index in [9.17, 15) is 35.9 Å². The van der Waals surface area contributed by atoms with E-state index in [0.717, 1.165) is 11.3 Å². The quantitative estimate of drug-likeness (QED) is 0.376. The lowest BCUT2D eigenvalue weighted by atomic mass is 10.0. The molecule has 0 aliphatic rings. The summed E-state index contributed by atoms with van der Waals surface area (Å²) in [5, 5.41) is 9.04. The number of hydrogen-bond donors (Lipinski definition) is 2. The van der Waals surface area contributed by atoms with Gasteiger partial charge in [-0.25, -0.2) is 10.1 Å². The Bertz CT molecular complexity index is 1410. The molecule has 0 saturated heterocycles. The van der Waals surface area contributed by atoms with Crippen molar-refractivity contribution in [3.63, 3.8) is 0 Å². The summed E-state index contributed by atoms with van der Waals surface area (Å²) in [6.07, 6.45) is -8.92. The summed E-state index contributed by atoms with van der Waals surface area (Å²) < 4.78 is 78.4. The van der Waals surface area contributed by atoms with Gasteiger partial charge in [0.15, 0.2) is 10.8 Å². The highest BCUT2D eigenvalue weighted by molar-refractivity contribution is 7.15. The van der Waals surface area contributed by atoms with E-state index in [4.69, 9.17) is 0 Å². The zero-order valence-corrected chi connectivity index (χ0v) is 17.5. The Hall–Kier alpha value is -3.74. The number of hydrogen-bond acceptors (Lipinski definition) is 5. The van der Waals surface area contributed by atoms with Gasteiger partial charge < -0.3 is 0 Å². The Morgan fingerprint density at radius 2 is 1.59 bits per heavy atom. The second kappa shape index (κ2) is 8.56. The largest absolute Gasteiger partial charge is 0.416 e. The van der Waals surface area contributed by atoms with Crippen molar-refractivity contribution in [3.05, 3.63) is 86.3 Å². The van der Waals surface area contributed by atoms with Crippen molar-refractivity contribution in [1.29, 1.82) is 0 Å². The number of halogens is 6. The molecule has 4 aromatic rings. The number of benzene rings is 2.